The molecule has 1 aromatic heterocycles. The number of rotatable bonds is 4. The molecule has 1 aromatic carbocycles. The van der Waals surface area contributed by atoms with E-state index in [1.165, 1.54) is 7.11 Å². The fourth-order valence-corrected chi connectivity index (χ4v) is 3.01. The lowest BCUT2D eigenvalue weighted by Crippen LogP contribution is -2.40. The second kappa shape index (κ2) is 7.29. The third-order valence-corrected chi connectivity index (χ3v) is 4.44. The molecule has 1 amide bonds. The number of nitrogens with zero attached hydrogens (tertiary/aromatic N) is 3. The molecule has 0 spiro atoms. The SMILES string of the molecule is COC(=O)C1CCN(C(=O)c2ccc(Cn3ccnc3)cc2)CC1. The van der Waals surface area contributed by atoms with Gasteiger partial charge < -0.3 is 14.2 Å². The summed E-state index contributed by atoms with van der Waals surface area (Å²) in [5.41, 5.74) is 1.80. The summed E-state index contributed by atoms with van der Waals surface area (Å²) in [7, 11) is 1.41. The third-order valence-electron chi connectivity index (χ3n) is 4.44. The van der Waals surface area contributed by atoms with Crippen LogP contribution in [-0.4, -0.2) is 46.5 Å². The Labute approximate surface area is 141 Å². The van der Waals surface area contributed by atoms with Crippen LogP contribution < -0.4 is 0 Å². The van der Waals surface area contributed by atoms with E-state index in [0.29, 0.717) is 31.5 Å². The molecular weight excluding hydrogens is 306 g/mol. The monoisotopic (exact) mass is 327 g/mol. The minimum Gasteiger partial charge on any atom is -0.469 e. The molecule has 0 unspecified atom stereocenters. The maximum Gasteiger partial charge on any atom is 0.308 e. The summed E-state index contributed by atoms with van der Waals surface area (Å²) in [6.45, 7) is 1.92. The Hall–Kier alpha value is -2.63. The minimum atomic E-state index is -0.175. The smallest absolute Gasteiger partial charge is 0.308 e. The topological polar surface area (TPSA) is 64.4 Å². The molecule has 0 N–H and O–H groups in total. The largest absolute Gasteiger partial charge is 0.469 e. The van der Waals surface area contributed by atoms with Crippen LogP contribution in [0.5, 0.6) is 0 Å². The van der Waals surface area contributed by atoms with Crippen LogP contribution in [-0.2, 0) is 16.1 Å². The van der Waals surface area contributed by atoms with Gasteiger partial charge in [0.1, 0.15) is 0 Å². The maximum atomic E-state index is 12.6. The van der Waals surface area contributed by atoms with Gasteiger partial charge in [0, 0.05) is 37.6 Å². The number of amides is 1. The molecule has 24 heavy (non-hydrogen) atoms. The van der Waals surface area contributed by atoms with Crippen molar-refractivity contribution in [2.24, 2.45) is 5.92 Å². The summed E-state index contributed by atoms with van der Waals surface area (Å²) in [4.78, 5) is 29.9. The molecule has 6 heteroatoms. The predicted octanol–water partition coefficient (Wildman–Crippen LogP) is 1.96. The van der Waals surface area contributed by atoms with Gasteiger partial charge in [-0.1, -0.05) is 12.1 Å². The van der Waals surface area contributed by atoms with E-state index in [9.17, 15) is 9.59 Å². The van der Waals surface area contributed by atoms with Crippen LogP contribution in [0.3, 0.4) is 0 Å². The van der Waals surface area contributed by atoms with Crippen LogP contribution >= 0.6 is 0 Å². The Bertz CT molecular complexity index is 687. The van der Waals surface area contributed by atoms with Gasteiger partial charge in [-0.3, -0.25) is 9.59 Å². The third kappa shape index (κ3) is 3.64. The standard InChI is InChI=1S/C18H21N3O3/c1-24-18(23)16-6-9-21(10-7-16)17(22)15-4-2-14(3-5-15)12-20-11-8-19-13-20/h2-5,8,11,13,16H,6-7,9-10,12H2,1H3. The summed E-state index contributed by atoms with van der Waals surface area (Å²) in [5.74, 6) is -0.241. The highest BCUT2D eigenvalue weighted by molar-refractivity contribution is 5.94. The van der Waals surface area contributed by atoms with Gasteiger partial charge in [0.2, 0.25) is 0 Å². The van der Waals surface area contributed by atoms with Crippen molar-refractivity contribution >= 4 is 11.9 Å². The molecule has 0 aliphatic carbocycles. The number of hydrogen-bond acceptors (Lipinski definition) is 4. The average Bonchev–Trinajstić information content (AvgIpc) is 3.14. The van der Waals surface area contributed by atoms with E-state index in [0.717, 1.165) is 12.1 Å². The first-order valence-electron chi connectivity index (χ1n) is 8.09. The lowest BCUT2D eigenvalue weighted by atomic mass is 9.96. The number of likely N-dealkylation sites (tertiary alicyclic amines) is 1. The van der Waals surface area contributed by atoms with Crippen LogP contribution in [0.4, 0.5) is 0 Å². The lowest BCUT2D eigenvalue weighted by Gasteiger charge is -2.30. The highest BCUT2D eigenvalue weighted by Gasteiger charge is 2.28. The number of carbonyl (C=O) groups is 2. The van der Waals surface area contributed by atoms with Gasteiger partial charge in [-0.2, -0.15) is 0 Å². The number of esters is 1. The van der Waals surface area contributed by atoms with E-state index >= 15 is 0 Å². The molecule has 126 valence electrons. The normalized spacial score (nSPS) is 15.3. The molecule has 3 rings (SSSR count). The number of carbonyl (C=O) groups excluding carboxylic acids is 2. The molecule has 0 bridgehead atoms. The molecule has 0 radical (unpaired) electrons. The molecule has 6 nitrogen and oxygen atoms in total. The number of benzene rings is 1. The highest BCUT2D eigenvalue weighted by atomic mass is 16.5. The Morgan fingerprint density at radius 1 is 1.21 bits per heavy atom. The summed E-state index contributed by atoms with van der Waals surface area (Å²) in [6.07, 6.45) is 6.75. The molecular formula is C18H21N3O3. The molecule has 2 aromatic rings. The number of ether oxygens (including phenoxy) is 1. The summed E-state index contributed by atoms with van der Waals surface area (Å²) < 4.78 is 6.76. The summed E-state index contributed by atoms with van der Waals surface area (Å²) in [5, 5.41) is 0. The Morgan fingerprint density at radius 2 is 1.92 bits per heavy atom. The van der Waals surface area contributed by atoms with Gasteiger partial charge in [0.25, 0.3) is 5.91 Å². The predicted molar refractivity (Wildman–Crippen MR) is 88.4 cm³/mol. The van der Waals surface area contributed by atoms with E-state index in [1.807, 2.05) is 39.9 Å². The van der Waals surface area contributed by atoms with Crippen molar-refractivity contribution in [1.29, 1.82) is 0 Å². The van der Waals surface area contributed by atoms with Crippen molar-refractivity contribution in [1.82, 2.24) is 14.5 Å². The van der Waals surface area contributed by atoms with Crippen LogP contribution in [0.25, 0.3) is 0 Å². The Morgan fingerprint density at radius 3 is 2.50 bits per heavy atom. The molecule has 1 fully saturated rings. The van der Waals surface area contributed by atoms with Gasteiger partial charge in [-0.25, -0.2) is 4.98 Å². The number of aromatic nitrogens is 2. The van der Waals surface area contributed by atoms with Crippen LogP contribution in [0, 0.1) is 5.92 Å². The Kier molecular flexibility index (Phi) is 4.93. The Balaban J connectivity index is 1.58. The van der Waals surface area contributed by atoms with Gasteiger partial charge >= 0.3 is 5.97 Å². The first kappa shape index (κ1) is 16.2. The zero-order chi connectivity index (χ0) is 16.9. The van der Waals surface area contributed by atoms with Crippen LogP contribution in [0.15, 0.2) is 43.0 Å². The van der Waals surface area contributed by atoms with E-state index < -0.39 is 0 Å². The zero-order valence-corrected chi connectivity index (χ0v) is 13.7. The molecule has 1 aliphatic heterocycles. The first-order chi connectivity index (χ1) is 11.7. The van der Waals surface area contributed by atoms with Crippen LogP contribution in [0.2, 0.25) is 0 Å². The van der Waals surface area contributed by atoms with Gasteiger partial charge in [-0.15, -0.1) is 0 Å². The van der Waals surface area contributed by atoms with Crippen LogP contribution in [0.1, 0.15) is 28.8 Å². The highest BCUT2D eigenvalue weighted by Crippen LogP contribution is 2.20. The van der Waals surface area contributed by atoms with E-state index in [1.54, 1.807) is 12.5 Å². The first-order valence-corrected chi connectivity index (χ1v) is 8.09. The fraction of sp³-hybridized carbons (Fsp3) is 0.389. The van der Waals surface area contributed by atoms with E-state index in [-0.39, 0.29) is 17.8 Å². The van der Waals surface area contributed by atoms with Crippen molar-refractivity contribution in [2.75, 3.05) is 20.2 Å². The summed E-state index contributed by atoms with van der Waals surface area (Å²) in [6, 6.07) is 7.66. The van der Waals surface area contributed by atoms with Crippen molar-refractivity contribution in [3.05, 3.63) is 54.1 Å². The molecule has 2 heterocycles. The molecule has 0 atom stereocenters. The van der Waals surface area contributed by atoms with Gasteiger partial charge in [0.15, 0.2) is 0 Å². The fourth-order valence-electron chi connectivity index (χ4n) is 3.01. The molecule has 0 saturated carbocycles. The van der Waals surface area contributed by atoms with Crippen molar-refractivity contribution in [3.8, 4) is 0 Å². The quantitative estimate of drug-likeness (QED) is 0.805. The van der Waals surface area contributed by atoms with E-state index in [4.69, 9.17) is 4.74 Å². The van der Waals surface area contributed by atoms with Gasteiger partial charge in [0.05, 0.1) is 19.4 Å². The number of imidazole rings is 1. The second-order valence-electron chi connectivity index (χ2n) is 6.02. The summed E-state index contributed by atoms with van der Waals surface area (Å²) >= 11 is 0. The van der Waals surface area contributed by atoms with Crippen molar-refractivity contribution in [2.45, 2.75) is 19.4 Å². The maximum absolute atomic E-state index is 12.6. The second-order valence-corrected chi connectivity index (χ2v) is 6.02. The molecule has 1 saturated heterocycles. The lowest BCUT2D eigenvalue weighted by molar-refractivity contribution is -0.146. The number of methoxy groups -OCH3 is 1. The zero-order valence-electron chi connectivity index (χ0n) is 13.7. The van der Waals surface area contributed by atoms with Gasteiger partial charge in [-0.05, 0) is 30.5 Å². The van der Waals surface area contributed by atoms with E-state index in [2.05, 4.69) is 4.98 Å². The minimum absolute atomic E-state index is 0.0208. The van der Waals surface area contributed by atoms with Crippen molar-refractivity contribution in [3.63, 3.8) is 0 Å². The number of hydrogen-bond donors (Lipinski definition) is 0. The number of piperidine rings is 1. The molecule has 1 aliphatic rings. The average molecular weight is 327 g/mol. The van der Waals surface area contributed by atoms with Crippen molar-refractivity contribution < 1.29 is 14.3 Å².